The van der Waals surface area contributed by atoms with E-state index in [0.717, 1.165) is 6.20 Å². The van der Waals surface area contributed by atoms with Gasteiger partial charge in [-0.15, -0.1) is 0 Å². The maximum Gasteiger partial charge on any atom is 0.434 e. The van der Waals surface area contributed by atoms with Crippen molar-refractivity contribution in [1.29, 1.82) is 0 Å². The van der Waals surface area contributed by atoms with Gasteiger partial charge in [0.15, 0.2) is 11.3 Å². The van der Waals surface area contributed by atoms with Crippen LogP contribution < -0.4 is 5.32 Å². The minimum Gasteiger partial charge on any atom is -0.478 e. The molecule has 0 bridgehead atoms. The molecule has 4 rings (SSSR count). The summed E-state index contributed by atoms with van der Waals surface area (Å²) in [6, 6.07) is 6.20. The van der Waals surface area contributed by atoms with Crippen LogP contribution in [0.5, 0.6) is 0 Å². The van der Waals surface area contributed by atoms with Crippen molar-refractivity contribution in [3.8, 4) is 11.4 Å². The second-order valence-electron chi connectivity index (χ2n) is 6.93. The fourth-order valence-corrected chi connectivity index (χ4v) is 3.30. The summed E-state index contributed by atoms with van der Waals surface area (Å²) in [6.45, 7) is 0.140. The molecular formula is C21H14ClF3N6O3. The van der Waals surface area contributed by atoms with E-state index in [2.05, 4.69) is 30.2 Å². The number of nitrogens with zero attached hydrogens (tertiary/aromatic N) is 5. The van der Waals surface area contributed by atoms with Crippen molar-refractivity contribution in [3.63, 3.8) is 0 Å². The number of ether oxygens (including phenoxy) is 1. The number of halogens is 4. The van der Waals surface area contributed by atoms with Crippen molar-refractivity contribution in [2.45, 2.75) is 12.8 Å². The highest BCUT2D eigenvalue weighted by atomic mass is 35.5. The van der Waals surface area contributed by atoms with Gasteiger partial charge in [0.1, 0.15) is 11.5 Å². The highest BCUT2D eigenvalue weighted by Gasteiger charge is 2.32. The van der Waals surface area contributed by atoms with Crippen LogP contribution in [0.15, 0.2) is 42.9 Å². The molecule has 0 spiro atoms. The van der Waals surface area contributed by atoms with Gasteiger partial charge in [0.05, 0.1) is 46.7 Å². The lowest BCUT2D eigenvalue weighted by atomic mass is 10.1. The van der Waals surface area contributed by atoms with Gasteiger partial charge in [0.25, 0.3) is 0 Å². The number of carboxylic acids is 1. The molecule has 0 aliphatic heterocycles. The number of hydrogen-bond acceptors (Lipinski definition) is 8. The van der Waals surface area contributed by atoms with Crippen LogP contribution in [-0.2, 0) is 17.5 Å². The first-order chi connectivity index (χ1) is 16.2. The largest absolute Gasteiger partial charge is 0.478 e. The molecule has 174 valence electrons. The molecule has 4 aromatic heterocycles. The molecule has 4 aromatic rings. The number of aromatic nitrogens is 5. The van der Waals surface area contributed by atoms with Gasteiger partial charge in [0, 0.05) is 18.7 Å². The summed E-state index contributed by atoms with van der Waals surface area (Å²) in [4.78, 5) is 31.3. The van der Waals surface area contributed by atoms with Crippen LogP contribution in [0.2, 0.25) is 5.02 Å². The van der Waals surface area contributed by atoms with E-state index in [4.69, 9.17) is 21.4 Å². The van der Waals surface area contributed by atoms with Crippen LogP contribution in [-0.4, -0.2) is 43.1 Å². The Morgan fingerprint density at radius 2 is 1.91 bits per heavy atom. The molecule has 0 radical (unpaired) electrons. The average Bonchev–Trinajstić information content (AvgIpc) is 2.78. The van der Waals surface area contributed by atoms with Crippen molar-refractivity contribution >= 4 is 40.1 Å². The predicted molar refractivity (Wildman–Crippen MR) is 116 cm³/mol. The maximum absolute atomic E-state index is 12.8. The summed E-state index contributed by atoms with van der Waals surface area (Å²) in [6.07, 6.45) is -1.83. The fourth-order valence-electron chi connectivity index (χ4n) is 3.03. The zero-order chi connectivity index (χ0) is 24.5. The average molecular weight is 491 g/mol. The lowest BCUT2D eigenvalue weighted by Gasteiger charge is -2.12. The normalized spacial score (nSPS) is 11.6. The molecule has 2 N–H and O–H groups in total. The van der Waals surface area contributed by atoms with E-state index in [9.17, 15) is 18.0 Å². The quantitative estimate of drug-likeness (QED) is 0.394. The Morgan fingerprint density at radius 3 is 2.53 bits per heavy atom. The molecule has 0 amide bonds. The number of anilines is 2. The van der Waals surface area contributed by atoms with Crippen LogP contribution in [0.25, 0.3) is 22.4 Å². The number of rotatable bonds is 6. The smallest absolute Gasteiger partial charge is 0.434 e. The second kappa shape index (κ2) is 9.15. The van der Waals surface area contributed by atoms with Crippen molar-refractivity contribution in [2.75, 3.05) is 12.4 Å². The number of methoxy groups -OCH3 is 1. The van der Waals surface area contributed by atoms with Crippen molar-refractivity contribution in [1.82, 2.24) is 24.9 Å². The van der Waals surface area contributed by atoms with Gasteiger partial charge in [-0.2, -0.15) is 13.2 Å². The molecule has 0 saturated carbocycles. The van der Waals surface area contributed by atoms with E-state index in [0.29, 0.717) is 28.7 Å². The summed E-state index contributed by atoms with van der Waals surface area (Å²) < 4.78 is 43.4. The van der Waals surface area contributed by atoms with E-state index in [-0.39, 0.29) is 34.4 Å². The summed E-state index contributed by atoms with van der Waals surface area (Å²) >= 11 is 6.21. The lowest BCUT2D eigenvalue weighted by Crippen LogP contribution is -2.09. The highest BCUT2D eigenvalue weighted by molar-refractivity contribution is 6.33. The molecule has 4 heterocycles. The lowest BCUT2D eigenvalue weighted by molar-refractivity contribution is -0.141. The van der Waals surface area contributed by atoms with Gasteiger partial charge in [-0.25, -0.2) is 24.7 Å². The third-order valence-corrected chi connectivity index (χ3v) is 4.84. The van der Waals surface area contributed by atoms with Crippen LogP contribution >= 0.6 is 11.6 Å². The molecule has 13 heteroatoms. The number of carboxylic acid groups (broad SMARTS) is 1. The van der Waals surface area contributed by atoms with E-state index >= 15 is 0 Å². The molecule has 0 fully saturated rings. The Hall–Kier alpha value is -3.90. The number of carbonyl (C=O) groups is 1. The van der Waals surface area contributed by atoms with Gasteiger partial charge < -0.3 is 15.2 Å². The van der Waals surface area contributed by atoms with Crippen molar-refractivity contribution in [3.05, 3.63) is 64.8 Å². The zero-order valence-corrected chi connectivity index (χ0v) is 18.0. The Balaban J connectivity index is 1.75. The van der Waals surface area contributed by atoms with E-state index in [1.54, 1.807) is 18.2 Å². The summed E-state index contributed by atoms with van der Waals surface area (Å²) in [5, 5.41) is 12.6. The van der Waals surface area contributed by atoms with Crippen LogP contribution in [0.4, 0.5) is 24.7 Å². The number of alkyl halides is 3. The monoisotopic (exact) mass is 490 g/mol. The number of pyridine rings is 3. The van der Waals surface area contributed by atoms with Gasteiger partial charge >= 0.3 is 12.1 Å². The fraction of sp³-hybridized carbons (Fsp3) is 0.143. The van der Waals surface area contributed by atoms with Gasteiger partial charge in [-0.3, -0.25) is 4.98 Å². The molecule has 9 nitrogen and oxygen atoms in total. The molecule has 0 aliphatic carbocycles. The van der Waals surface area contributed by atoms with Crippen molar-refractivity contribution in [2.24, 2.45) is 0 Å². The van der Waals surface area contributed by atoms with Crippen molar-refractivity contribution < 1.29 is 27.8 Å². The number of nitrogens with one attached hydrogen (secondary N) is 1. The first-order valence-corrected chi connectivity index (χ1v) is 9.88. The Kier molecular flexibility index (Phi) is 6.26. The molecular weight excluding hydrogens is 477 g/mol. The highest BCUT2D eigenvalue weighted by Crippen LogP contribution is 2.31. The van der Waals surface area contributed by atoms with Crippen LogP contribution in [0, 0.1) is 0 Å². The SMILES string of the molecule is COCc1cc(Nc2cnc(C(F)(F)F)cn2)c2ccc(-c3ncc(C(=O)O)cc3Cl)nc2n1. The van der Waals surface area contributed by atoms with Gasteiger partial charge in [-0.05, 0) is 24.3 Å². The topological polar surface area (TPSA) is 123 Å². The maximum atomic E-state index is 12.8. The van der Waals surface area contributed by atoms with Gasteiger partial charge in [0.2, 0.25) is 0 Å². The Labute approximate surface area is 194 Å². The summed E-state index contributed by atoms with van der Waals surface area (Å²) in [5.74, 6) is -1.08. The molecule has 0 saturated heterocycles. The zero-order valence-electron chi connectivity index (χ0n) is 17.3. The first kappa shape index (κ1) is 23.3. The minimum atomic E-state index is -4.60. The Morgan fingerprint density at radius 1 is 1.12 bits per heavy atom. The van der Waals surface area contributed by atoms with E-state index in [1.807, 2.05) is 0 Å². The van der Waals surface area contributed by atoms with E-state index < -0.39 is 17.8 Å². The molecule has 0 aromatic carbocycles. The standard InChI is InChI=1S/C21H14ClF3N6O3/c1-34-9-11-5-15(30-17-8-26-16(7-27-17)21(23,24)25)12-2-3-14(31-19(12)29-11)18-13(22)4-10(6-28-18)20(32)33/h2-8H,9H2,1H3,(H,32,33)(H,27,29,30,31). The van der Waals surface area contributed by atoms with Crippen LogP contribution in [0.3, 0.4) is 0 Å². The molecule has 0 atom stereocenters. The summed E-state index contributed by atoms with van der Waals surface area (Å²) in [7, 11) is 1.48. The number of hydrogen-bond donors (Lipinski definition) is 2. The minimum absolute atomic E-state index is 0.0702. The second-order valence-corrected chi connectivity index (χ2v) is 7.34. The number of fused-ring (bicyclic) bond motifs is 1. The molecule has 0 aliphatic rings. The molecule has 34 heavy (non-hydrogen) atoms. The first-order valence-electron chi connectivity index (χ1n) is 9.51. The van der Waals surface area contributed by atoms with Gasteiger partial charge in [-0.1, -0.05) is 11.6 Å². The third kappa shape index (κ3) is 4.87. The third-order valence-electron chi connectivity index (χ3n) is 4.55. The van der Waals surface area contributed by atoms with Crippen LogP contribution in [0.1, 0.15) is 21.7 Å². The Bertz CT molecular complexity index is 1380. The number of aromatic carboxylic acids is 1. The predicted octanol–water partition coefficient (Wildman–Crippen LogP) is 4.74. The van der Waals surface area contributed by atoms with E-state index in [1.165, 1.54) is 19.4 Å². The summed E-state index contributed by atoms with van der Waals surface area (Å²) in [5.41, 5.74) is 0.649. The molecule has 0 unspecified atom stereocenters.